The number of benzene rings is 1. The van der Waals surface area contributed by atoms with E-state index in [1.807, 2.05) is 0 Å². The van der Waals surface area contributed by atoms with Crippen LogP contribution < -0.4 is 4.74 Å². The first-order valence-corrected chi connectivity index (χ1v) is 3.11. The first kappa shape index (κ1) is 7.49. The molecule has 1 rings (SSSR count). The Morgan fingerprint density at radius 1 is 1.55 bits per heavy atom. The second kappa shape index (κ2) is 2.98. The van der Waals surface area contributed by atoms with Crippen molar-refractivity contribution in [1.29, 1.82) is 0 Å². The molecule has 0 radical (unpaired) electrons. The maximum atomic E-state index is 9.20. The molecule has 0 spiro atoms. The normalized spacial score (nSPS) is 8.73. The molecule has 1 N–H and O–H groups in total. The Bertz CT molecular complexity index is 297. The number of phenolic OH excluding ortho intramolecular Hbond substituents is 1. The zero-order valence-corrected chi connectivity index (χ0v) is 6.16. The van der Waals surface area contributed by atoms with Gasteiger partial charge in [0, 0.05) is 6.07 Å². The van der Waals surface area contributed by atoms with Gasteiger partial charge in [-0.15, -0.1) is 6.42 Å². The van der Waals surface area contributed by atoms with E-state index >= 15 is 0 Å². The average Bonchev–Trinajstić information content (AvgIpc) is 2.04. The van der Waals surface area contributed by atoms with Crippen LogP contribution in [0.3, 0.4) is 0 Å². The van der Waals surface area contributed by atoms with Gasteiger partial charge in [0.25, 0.3) is 0 Å². The zero-order valence-electron chi connectivity index (χ0n) is 6.16. The molecule has 0 atom stereocenters. The summed E-state index contributed by atoms with van der Waals surface area (Å²) in [5.74, 6) is 3.02. The molecule has 0 aliphatic carbocycles. The summed E-state index contributed by atoms with van der Waals surface area (Å²) in [7, 11) is 1.53. The Morgan fingerprint density at radius 2 is 2.27 bits per heavy atom. The highest BCUT2D eigenvalue weighted by atomic mass is 16.5. The smallest absolute Gasteiger partial charge is 0.134 e. The predicted molar refractivity (Wildman–Crippen MR) is 42.6 cm³/mol. The number of hydrogen-bond donors (Lipinski definition) is 1. The summed E-state index contributed by atoms with van der Waals surface area (Å²) >= 11 is 0. The highest BCUT2D eigenvalue weighted by Crippen LogP contribution is 2.21. The zero-order chi connectivity index (χ0) is 8.27. The van der Waals surface area contributed by atoms with Gasteiger partial charge in [-0.2, -0.15) is 0 Å². The summed E-state index contributed by atoms with van der Waals surface area (Å²) in [5, 5.41) is 9.20. The monoisotopic (exact) mass is 148 g/mol. The van der Waals surface area contributed by atoms with Crippen LogP contribution in [0.2, 0.25) is 0 Å². The summed E-state index contributed by atoms with van der Waals surface area (Å²) in [5.41, 5.74) is 0.478. The molecule has 0 unspecified atom stereocenters. The molecular weight excluding hydrogens is 140 g/mol. The summed E-state index contributed by atoms with van der Waals surface area (Å²) in [6, 6.07) is 4.82. The fraction of sp³-hybridized carbons (Fsp3) is 0.111. The largest absolute Gasteiger partial charge is 0.507 e. The van der Waals surface area contributed by atoms with Gasteiger partial charge in [0.1, 0.15) is 11.5 Å². The SMILES string of the molecule is C#Cc1ccc(OC)cc1O. The maximum absolute atomic E-state index is 9.20. The molecule has 0 fully saturated rings. The van der Waals surface area contributed by atoms with Crippen molar-refractivity contribution >= 4 is 0 Å². The number of phenols is 1. The molecule has 1 aromatic rings. The standard InChI is InChI=1S/C9H8O2/c1-3-7-4-5-8(11-2)6-9(7)10/h1,4-6,10H,2H3. The van der Waals surface area contributed by atoms with Crippen molar-refractivity contribution in [2.24, 2.45) is 0 Å². The molecule has 0 bridgehead atoms. The molecule has 0 aromatic heterocycles. The van der Waals surface area contributed by atoms with Crippen LogP contribution in [0.4, 0.5) is 0 Å². The van der Waals surface area contributed by atoms with Crippen LogP contribution in [0.1, 0.15) is 5.56 Å². The van der Waals surface area contributed by atoms with E-state index in [0.29, 0.717) is 11.3 Å². The van der Waals surface area contributed by atoms with Gasteiger partial charge in [0.15, 0.2) is 0 Å². The van der Waals surface area contributed by atoms with Crippen molar-refractivity contribution in [2.75, 3.05) is 7.11 Å². The summed E-state index contributed by atoms with van der Waals surface area (Å²) in [4.78, 5) is 0. The Balaban J connectivity index is 3.12. The minimum absolute atomic E-state index is 0.0758. The molecular formula is C9H8O2. The Kier molecular flexibility index (Phi) is 2.03. The number of ether oxygens (including phenoxy) is 1. The van der Waals surface area contributed by atoms with E-state index in [1.54, 1.807) is 12.1 Å². The first-order valence-electron chi connectivity index (χ1n) is 3.11. The van der Waals surface area contributed by atoms with Gasteiger partial charge in [0.2, 0.25) is 0 Å². The van der Waals surface area contributed by atoms with E-state index in [2.05, 4.69) is 5.92 Å². The van der Waals surface area contributed by atoms with Crippen LogP contribution >= 0.6 is 0 Å². The lowest BCUT2D eigenvalue weighted by molar-refractivity contribution is 0.407. The molecule has 1 aromatic carbocycles. The second-order valence-electron chi connectivity index (χ2n) is 2.03. The third-order valence-electron chi connectivity index (χ3n) is 1.36. The lowest BCUT2D eigenvalue weighted by Gasteiger charge is -2.00. The molecule has 0 saturated carbocycles. The van der Waals surface area contributed by atoms with Crippen LogP contribution in [0.25, 0.3) is 0 Å². The number of terminal acetylenes is 1. The minimum Gasteiger partial charge on any atom is -0.507 e. The molecule has 0 aliphatic heterocycles. The van der Waals surface area contributed by atoms with Crippen molar-refractivity contribution in [1.82, 2.24) is 0 Å². The van der Waals surface area contributed by atoms with E-state index in [1.165, 1.54) is 13.2 Å². The van der Waals surface area contributed by atoms with Gasteiger partial charge in [-0.25, -0.2) is 0 Å². The van der Waals surface area contributed by atoms with Crippen LogP contribution in [0.15, 0.2) is 18.2 Å². The highest BCUT2D eigenvalue weighted by Gasteiger charge is 1.98. The summed E-state index contributed by atoms with van der Waals surface area (Å²) < 4.78 is 4.87. The molecule has 11 heavy (non-hydrogen) atoms. The van der Waals surface area contributed by atoms with E-state index in [9.17, 15) is 5.11 Å². The molecule has 0 amide bonds. The maximum Gasteiger partial charge on any atom is 0.134 e. The molecule has 2 nitrogen and oxygen atoms in total. The van der Waals surface area contributed by atoms with Gasteiger partial charge in [-0.3, -0.25) is 0 Å². The van der Waals surface area contributed by atoms with Crippen molar-refractivity contribution in [2.45, 2.75) is 0 Å². The summed E-state index contributed by atoms with van der Waals surface area (Å²) in [6.07, 6.45) is 5.09. The Hall–Kier alpha value is -1.62. The lowest BCUT2D eigenvalue weighted by atomic mass is 10.2. The summed E-state index contributed by atoms with van der Waals surface area (Å²) in [6.45, 7) is 0. The highest BCUT2D eigenvalue weighted by molar-refractivity contribution is 5.47. The van der Waals surface area contributed by atoms with E-state index in [-0.39, 0.29) is 5.75 Å². The molecule has 0 saturated heterocycles. The van der Waals surface area contributed by atoms with Gasteiger partial charge in [-0.1, -0.05) is 5.92 Å². The number of hydrogen-bond acceptors (Lipinski definition) is 2. The van der Waals surface area contributed by atoms with Crippen molar-refractivity contribution < 1.29 is 9.84 Å². The fourth-order valence-corrected chi connectivity index (χ4v) is 0.760. The number of rotatable bonds is 1. The minimum atomic E-state index is 0.0758. The molecule has 0 heterocycles. The van der Waals surface area contributed by atoms with E-state index in [0.717, 1.165) is 0 Å². The quantitative estimate of drug-likeness (QED) is 0.610. The fourth-order valence-electron chi connectivity index (χ4n) is 0.760. The van der Waals surface area contributed by atoms with Gasteiger partial charge in [-0.05, 0) is 12.1 Å². The topological polar surface area (TPSA) is 29.5 Å². The third-order valence-corrected chi connectivity index (χ3v) is 1.36. The van der Waals surface area contributed by atoms with Crippen LogP contribution in [0, 0.1) is 12.3 Å². The molecule has 56 valence electrons. The van der Waals surface area contributed by atoms with Crippen LogP contribution in [-0.4, -0.2) is 12.2 Å². The predicted octanol–water partition coefficient (Wildman–Crippen LogP) is 1.38. The number of aromatic hydroxyl groups is 1. The second-order valence-corrected chi connectivity index (χ2v) is 2.03. The number of methoxy groups -OCH3 is 1. The first-order chi connectivity index (χ1) is 5.27. The van der Waals surface area contributed by atoms with Gasteiger partial charge < -0.3 is 9.84 Å². The molecule has 2 heteroatoms. The van der Waals surface area contributed by atoms with E-state index < -0.39 is 0 Å². The van der Waals surface area contributed by atoms with Gasteiger partial charge >= 0.3 is 0 Å². The lowest BCUT2D eigenvalue weighted by Crippen LogP contribution is -1.83. The van der Waals surface area contributed by atoms with E-state index in [4.69, 9.17) is 11.2 Å². The van der Waals surface area contributed by atoms with Crippen molar-refractivity contribution in [3.05, 3.63) is 23.8 Å². The Morgan fingerprint density at radius 3 is 2.73 bits per heavy atom. The average molecular weight is 148 g/mol. The van der Waals surface area contributed by atoms with Gasteiger partial charge in [0.05, 0.1) is 12.7 Å². The van der Waals surface area contributed by atoms with Crippen LogP contribution in [-0.2, 0) is 0 Å². The Labute approximate surface area is 65.4 Å². The van der Waals surface area contributed by atoms with Crippen molar-refractivity contribution in [3.63, 3.8) is 0 Å². The molecule has 0 aliphatic rings. The van der Waals surface area contributed by atoms with Crippen molar-refractivity contribution in [3.8, 4) is 23.8 Å². The third kappa shape index (κ3) is 1.44. The van der Waals surface area contributed by atoms with Crippen LogP contribution in [0.5, 0.6) is 11.5 Å².